The third kappa shape index (κ3) is 1.51. The Hall–Kier alpha value is -1.62. The van der Waals surface area contributed by atoms with Crippen LogP contribution >= 0.6 is 0 Å². The average molecular weight is 168 g/mol. The van der Waals surface area contributed by atoms with Gasteiger partial charge >= 0.3 is 0 Å². The Balaban J connectivity index is 3.20. The van der Waals surface area contributed by atoms with Gasteiger partial charge in [0.25, 0.3) is 5.69 Å². The normalized spacial score (nSPS) is 9.75. The Kier molecular flexibility index (Phi) is 2.25. The van der Waals surface area contributed by atoms with Crippen LogP contribution in [0.5, 0.6) is 5.75 Å². The second-order valence-corrected chi connectivity index (χ2v) is 2.21. The van der Waals surface area contributed by atoms with Gasteiger partial charge in [0.1, 0.15) is 0 Å². The number of aliphatic hydroxyl groups excluding tert-OH is 1. The van der Waals surface area contributed by atoms with Gasteiger partial charge in [0, 0.05) is 6.07 Å². The highest BCUT2D eigenvalue weighted by molar-refractivity contribution is 5.43. The summed E-state index contributed by atoms with van der Waals surface area (Å²) >= 11 is 0. The van der Waals surface area contributed by atoms with E-state index in [4.69, 9.17) is 5.11 Å². The molecule has 0 saturated heterocycles. The zero-order valence-electron chi connectivity index (χ0n) is 6.06. The molecular weight excluding hydrogens is 162 g/mol. The third-order valence-corrected chi connectivity index (χ3v) is 1.42. The van der Waals surface area contributed by atoms with E-state index in [1.54, 1.807) is 0 Å². The van der Waals surface area contributed by atoms with Gasteiger partial charge in [-0.3, -0.25) is 10.1 Å². The zero-order valence-corrected chi connectivity index (χ0v) is 6.06. The van der Waals surface area contributed by atoms with Crippen molar-refractivity contribution in [2.24, 2.45) is 0 Å². The number of hydrogen-bond acceptors (Lipinski definition) is 4. The first-order chi connectivity index (χ1) is 5.65. The predicted molar refractivity (Wildman–Crippen MR) is 38.5 cm³/mol. The summed E-state index contributed by atoms with van der Waals surface area (Å²) in [5.74, 6) is -0.343. The minimum atomic E-state index is -0.634. The monoisotopic (exact) mass is 168 g/mol. The minimum absolute atomic E-state index is 0.0486. The summed E-state index contributed by atoms with van der Waals surface area (Å²) in [6, 6.07) is 3.24. The van der Waals surface area contributed by atoms with Crippen molar-refractivity contribution >= 4 is 5.69 Å². The molecule has 0 aromatic heterocycles. The Labute approximate surface area is 68.0 Å². The van der Waals surface area contributed by atoms with Crippen LogP contribution in [0.3, 0.4) is 0 Å². The van der Waals surface area contributed by atoms with Crippen molar-refractivity contribution in [2.45, 2.75) is 6.61 Å². The van der Waals surface area contributed by atoms with Gasteiger partial charge in [-0.15, -0.1) is 5.75 Å². The van der Waals surface area contributed by atoms with Gasteiger partial charge in [0.15, 0.2) is 0 Å². The molecule has 0 bridgehead atoms. The van der Waals surface area contributed by atoms with Crippen LogP contribution < -0.4 is 5.11 Å². The van der Waals surface area contributed by atoms with E-state index in [0.717, 1.165) is 18.2 Å². The summed E-state index contributed by atoms with van der Waals surface area (Å²) in [5.41, 5.74) is -0.176. The summed E-state index contributed by atoms with van der Waals surface area (Å²) in [5, 5.41) is 29.6. The van der Waals surface area contributed by atoms with E-state index in [0.29, 0.717) is 0 Å². The Morgan fingerprint density at radius 1 is 1.50 bits per heavy atom. The Morgan fingerprint density at radius 2 is 2.17 bits per heavy atom. The minimum Gasteiger partial charge on any atom is -0.872 e. The molecule has 0 unspecified atom stereocenters. The fourth-order valence-corrected chi connectivity index (χ4v) is 0.867. The van der Waals surface area contributed by atoms with Crippen molar-refractivity contribution < 1.29 is 15.1 Å². The number of benzene rings is 1. The van der Waals surface area contributed by atoms with Crippen molar-refractivity contribution in [1.82, 2.24) is 0 Å². The molecule has 1 aromatic rings. The first-order valence-electron chi connectivity index (χ1n) is 3.20. The molecule has 1 N–H and O–H groups in total. The molecule has 12 heavy (non-hydrogen) atoms. The SMILES string of the molecule is O=[N+]([O-])c1ccc([O-])cc1CO. The second-order valence-electron chi connectivity index (χ2n) is 2.21. The van der Waals surface area contributed by atoms with Gasteiger partial charge in [-0.25, -0.2) is 0 Å². The molecule has 0 aliphatic carbocycles. The molecule has 0 spiro atoms. The lowest BCUT2D eigenvalue weighted by atomic mass is 10.2. The molecule has 1 aromatic carbocycles. The topological polar surface area (TPSA) is 86.4 Å². The van der Waals surface area contributed by atoms with Gasteiger partial charge in [0.2, 0.25) is 0 Å². The summed E-state index contributed by atoms with van der Waals surface area (Å²) in [6.07, 6.45) is 0. The lowest BCUT2D eigenvalue weighted by Crippen LogP contribution is -1.97. The fraction of sp³-hybridized carbons (Fsp3) is 0.143. The molecule has 0 fully saturated rings. The van der Waals surface area contributed by atoms with Crippen molar-refractivity contribution in [3.8, 4) is 5.75 Å². The quantitative estimate of drug-likeness (QED) is 0.503. The maximum absolute atomic E-state index is 10.7. The lowest BCUT2D eigenvalue weighted by molar-refractivity contribution is -0.386. The molecule has 0 radical (unpaired) electrons. The summed E-state index contributed by atoms with van der Waals surface area (Å²) in [4.78, 5) is 9.65. The van der Waals surface area contributed by atoms with Crippen LogP contribution in [0.2, 0.25) is 0 Å². The van der Waals surface area contributed by atoms with E-state index in [-0.39, 0.29) is 17.0 Å². The maximum Gasteiger partial charge on any atom is 0.274 e. The largest absolute Gasteiger partial charge is 0.872 e. The molecule has 0 aliphatic rings. The second kappa shape index (κ2) is 3.19. The molecule has 0 aliphatic heterocycles. The molecule has 0 heterocycles. The van der Waals surface area contributed by atoms with E-state index >= 15 is 0 Å². The summed E-state index contributed by atoms with van der Waals surface area (Å²) in [7, 11) is 0. The standard InChI is InChI=1S/C7H7NO4/c9-4-5-3-6(10)1-2-7(5)8(11)12/h1-3,9-10H,4H2/p-1. The van der Waals surface area contributed by atoms with Gasteiger partial charge in [-0.2, -0.15) is 0 Å². The van der Waals surface area contributed by atoms with E-state index in [1.165, 1.54) is 0 Å². The Morgan fingerprint density at radius 3 is 2.67 bits per heavy atom. The number of aliphatic hydroxyl groups is 1. The zero-order chi connectivity index (χ0) is 9.14. The first-order valence-corrected chi connectivity index (χ1v) is 3.20. The molecule has 0 atom stereocenters. The van der Waals surface area contributed by atoms with Crippen molar-refractivity contribution in [3.63, 3.8) is 0 Å². The summed E-state index contributed by atoms with van der Waals surface area (Å²) in [6.45, 7) is -0.494. The van der Waals surface area contributed by atoms with Gasteiger partial charge in [-0.05, 0) is 0 Å². The van der Waals surface area contributed by atoms with Crippen molar-refractivity contribution in [1.29, 1.82) is 0 Å². The van der Waals surface area contributed by atoms with Crippen LogP contribution in [-0.2, 0) is 6.61 Å². The van der Waals surface area contributed by atoms with Crippen LogP contribution in [0.15, 0.2) is 18.2 Å². The van der Waals surface area contributed by atoms with Gasteiger partial charge < -0.3 is 10.2 Å². The highest BCUT2D eigenvalue weighted by Crippen LogP contribution is 2.21. The Bertz CT molecular complexity index is 310. The van der Waals surface area contributed by atoms with Gasteiger partial charge in [0.05, 0.1) is 17.1 Å². The predicted octanol–water partition coefficient (Wildman–Crippen LogP) is 0.161. The summed E-state index contributed by atoms with van der Waals surface area (Å²) < 4.78 is 0. The molecule has 0 amide bonds. The average Bonchev–Trinajstić information content (AvgIpc) is 2.03. The smallest absolute Gasteiger partial charge is 0.274 e. The molecule has 1 rings (SSSR count). The van der Waals surface area contributed by atoms with Crippen LogP contribution in [0.4, 0.5) is 5.69 Å². The maximum atomic E-state index is 10.7. The van der Waals surface area contributed by atoms with Crippen LogP contribution in [0.1, 0.15) is 5.56 Å². The fourth-order valence-electron chi connectivity index (χ4n) is 0.867. The molecule has 0 saturated carbocycles. The van der Waals surface area contributed by atoms with E-state index in [2.05, 4.69) is 0 Å². The van der Waals surface area contributed by atoms with E-state index < -0.39 is 11.5 Å². The molecule has 5 heteroatoms. The first kappa shape index (κ1) is 8.48. The van der Waals surface area contributed by atoms with Crippen LogP contribution in [0.25, 0.3) is 0 Å². The van der Waals surface area contributed by atoms with Crippen molar-refractivity contribution in [2.75, 3.05) is 0 Å². The molecular formula is C7H6NO4-. The third-order valence-electron chi connectivity index (χ3n) is 1.42. The lowest BCUT2D eigenvalue weighted by Gasteiger charge is -2.06. The molecule has 5 nitrogen and oxygen atoms in total. The highest BCUT2D eigenvalue weighted by Gasteiger charge is 2.10. The van der Waals surface area contributed by atoms with Crippen LogP contribution in [-0.4, -0.2) is 10.0 Å². The number of hydrogen-bond donors (Lipinski definition) is 1. The van der Waals surface area contributed by atoms with Crippen LogP contribution in [0, 0.1) is 10.1 Å². The van der Waals surface area contributed by atoms with Crippen molar-refractivity contribution in [3.05, 3.63) is 33.9 Å². The van der Waals surface area contributed by atoms with E-state index in [1.807, 2.05) is 0 Å². The van der Waals surface area contributed by atoms with E-state index in [9.17, 15) is 15.2 Å². The number of nitro benzene ring substituents is 1. The number of rotatable bonds is 2. The number of nitrogens with zero attached hydrogens (tertiary/aromatic N) is 1. The number of nitro groups is 1. The van der Waals surface area contributed by atoms with Gasteiger partial charge in [-0.1, -0.05) is 12.1 Å². The molecule has 64 valence electrons. The highest BCUT2D eigenvalue weighted by atomic mass is 16.6.